The van der Waals surface area contributed by atoms with Gasteiger partial charge in [-0.25, -0.2) is 4.79 Å². The lowest BCUT2D eigenvalue weighted by atomic mass is 10.1. The molecular formula is C16H30N4O4. The van der Waals surface area contributed by atoms with Crippen molar-refractivity contribution in [2.75, 3.05) is 59.0 Å². The molecule has 0 radical (unpaired) electrons. The molecule has 8 heteroatoms. The van der Waals surface area contributed by atoms with Crippen LogP contribution < -0.4 is 5.32 Å². The maximum Gasteiger partial charge on any atom is 0.317 e. The summed E-state index contributed by atoms with van der Waals surface area (Å²) in [6.45, 7) is 10.4. The quantitative estimate of drug-likeness (QED) is 0.708. The van der Waals surface area contributed by atoms with Crippen LogP contribution in [0.25, 0.3) is 0 Å². The zero-order chi connectivity index (χ0) is 17.7. The molecule has 0 bridgehead atoms. The molecule has 2 rings (SSSR count). The van der Waals surface area contributed by atoms with E-state index in [1.807, 2.05) is 6.92 Å². The third-order valence-corrected chi connectivity index (χ3v) is 4.40. The van der Waals surface area contributed by atoms with Crippen LogP contribution in [0.5, 0.6) is 0 Å². The summed E-state index contributed by atoms with van der Waals surface area (Å²) >= 11 is 0. The first-order valence-corrected chi connectivity index (χ1v) is 8.61. The van der Waals surface area contributed by atoms with Crippen LogP contribution in [-0.4, -0.2) is 102 Å². The molecule has 2 N–H and O–H groups in total. The average Bonchev–Trinajstić information content (AvgIpc) is 2.53. The number of carbonyl (C=O) groups is 2. The van der Waals surface area contributed by atoms with Gasteiger partial charge in [-0.2, -0.15) is 0 Å². The molecule has 1 unspecified atom stereocenters. The minimum atomic E-state index is -0.747. The number of amides is 3. The Balaban J connectivity index is 1.74. The van der Waals surface area contributed by atoms with Crippen LogP contribution in [0, 0.1) is 0 Å². The Morgan fingerprint density at radius 3 is 2.42 bits per heavy atom. The molecule has 138 valence electrons. The predicted octanol–water partition coefficient (Wildman–Crippen LogP) is -0.668. The van der Waals surface area contributed by atoms with Gasteiger partial charge in [0.05, 0.1) is 25.4 Å². The van der Waals surface area contributed by atoms with Crippen LogP contribution >= 0.6 is 0 Å². The Hall–Kier alpha value is -1.38. The number of piperazine rings is 1. The summed E-state index contributed by atoms with van der Waals surface area (Å²) in [6.07, 6.45) is 0. The van der Waals surface area contributed by atoms with Crippen molar-refractivity contribution in [2.24, 2.45) is 0 Å². The lowest BCUT2D eigenvalue weighted by molar-refractivity contribution is -0.134. The van der Waals surface area contributed by atoms with Crippen LogP contribution in [0.15, 0.2) is 0 Å². The van der Waals surface area contributed by atoms with Gasteiger partial charge in [0.2, 0.25) is 5.91 Å². The van der Waals surface area contributed by atoms with E-state index in [-0.39, 0.29) is 24.5 Å². The molecule has 2 saturated heterocycles. The molecule has 8 nitrogen and oxygen atoms in total. The number of β-amino-alcohol motifs (C(OH)–C–C–N with tert-alkyl or cyclic N) is 1. The number of carbonyl (C=O) groups excluding carboxylic acids is 2. The smallest absolute Gasteiger partial charge is 0.317 e. The monoisotopic (exact) mass is 342 g/mol. The van der Waals surface area contributed by atoms with Crippen molar-refractivity contribution in [1.82, 2.24) is 20.0 Å². The van der Waals surface area contributed by atoms with Crippen molar-refractivity contribution >= 4 is 11.9 Å². The van der Waals surface area contributed by atoms with E-state index < -0.39 is 5.60 Å². The Labute approximate surface area is 143 Å². The number of morpholine rings is 1. The first-order chi connectivity index (χ1) is 11.3. The maximum absolute atomic E-state index is 12.3. The highest BCUT2D eigenvalue weighted by atomic mass is 16.5. The summed E-state index contributed by atoms with van der Waals surface area (Å²) in [6, 6.07) is -0.0303. The van der Waals surface area contributed by atoms with Gasteiger partial charge >= 0.3 is 6.03 Å². The van der Waals surface area contributed by atoms with Crippen molar-refractivity contribution in [2.45, 2.75) is 32.4 Å². The van der Waals surface area contributed by atoms with Crippen LogP contribution in [0.2, 0.25) is 0 Å². The van der Waals surface area contributed by atoms with Gasteiger partial charge in [-0.15, -0.1) is 0 Å². The lowest BCUT2D eigenvalue weighted by Crippen LogP contribution is -2.58. The van der Waals surface area contributed by atoms with Crippen LogP contribution in [0.3, 0.4) is 0 Å². The van der Waals surface area contributed by atoms with Crippen molar-refractivity contribution in [3.05, 3.63) is 0 Å². The minimum Gasteiger partial charge on any atom is -0.389 e. The molecule has 0 aromatic carbocycles. The normalized spacial score (nSPS) is 23.2. The molecule has 2 aliphatic rings. The summed E-state index contributed by atoms with van der Waals surface area (Å²) in [5, 5.41) is 12.7. The van der Waals surface area contributed by atoms with E-state index in [9.17, 15) is 14.7 Å². The molecule has 3 amide bonds. The topological polar surface area (TPSA) is 85.4 Å². The van der Waals surface area contributed by atoms with Gasteiger partial charge < -0.3 is 25.0 Å². The standard InChI is InChI=1S/C16H30N4O4/c1-13-11-19(4-5-20(13)12-16(2,3)23)15(22)17-10-14(21)18-6-8-24-9-7-18/h13,23H,4-12H2,1-3H3,(H,17,22). The molecule has 1 atom stereocenters. The van der Waals surface area contributed by atoms with E-state index in [1.165, 1.54) is 0 Å². The second kappa shape index (κ2) is 8.13. The molecule has 24 heavy (non-hydrogen) atoms. The fourth-order valence-corrected chi connectivity index (χ4v) is 3.10. The number of aliphatic hydroxyl groups is 1. The number of ether oxygens (including phenoxy) is 1. The van der Waals surface area contributed by atoms with Crippen molar-refractivity contribution in [3.8, 4) is 0 Å². The summed E-state index contributed by atoms with van der Waals surface area (Å²) < 4.78 is 5.22. The first-order valence-electron chi connectivity index (χ1n) is 8.61. The minimum absolute atomic E-state index is 0.0249. The fourth-order valence-electron chi connectivity index (χ4n) is 3.10. The highest BCUT2D eigenvalue weighted by Crippen LogP contribution is 2.14. The number of hydrogen-bond acceptors (Lipinski definition) is 5. The molecule has 2 heterocycles. The highest BCUT2D eigenvalue weighted by molar-refractivity contribution is 5.84. The Morgan fingerprint density at radius 2 is 1.83 bits per heavy atom. The zero-order valence-electron chi connectivity index (χ0n) is 15.0. The van der Waals surface area contributed by atoms with Gasteiger partial charge in [0, 0.05) is 45.3 Å². The molecule has 0 aromatic heterocycles. The molecule has 0 aliphatic carbocycles. The first kappa shape index (κ1) is 19.0. The Kier molecular flexibility index (Phi) is 6.42. The van der Waals surface area contributed by atoms with Crippen molar-refractivity contribution in [1.29, 1.82) is 0 Å². The third kappa shape index (κ3) is 5.61. The average molecular weight is 342 g/mol. The number of hydrogen-bond donors (Lipinski definition) is 2. The summed E-state index contributed by atoms with van der Waals surface area (Å²) in [7, 11) is 0. The van der Waals surface area contributed by atoms with E-state index >= 15 is 0 Å². The molecule has 2 aliphatic heterocycles. The van der Waals surface area contributed by atoms with Gasteiger partial charge in [-0.3, -0.25) is 9.69 Å². The van der Waals surface area contributed by atoms with Crippen LogP contribution in [0.4, 0.5) is 4.79 Å². The second-order valence-corrected chi connectivity index (χ2v) is 7.23. The Bertz CT molecular complexity index is 446. The number of nitrogens with one attached hydrogen (secondary N) is 1. The molecular weight excluding hydrogens is 312 g/mol. The van der Waals surface area contributed by atoms with E-state index in [0.29, 0.717) is 45.9 Å². The van der Waals surface area contributed by atoms with Crippen LogP contribution in [-0.2, 0) is 9.53 Å². The maximum atomic E-state index is 12.3. The van der Waals surface area contributed by atoms with Gasteiger partial charge in [-0.05, 0) is 20.8 Å². The number of nitrogens with zero attached hydrogens (tertiary/aromatic N) is 3. The van der Waals surface area contributed by atoms with E-state index in [4.69, 9.17) is 4.74 Å². The van der Waals surface area contributed by atoms with Gasteiger partial charge in [-0.1, -0.05) is 0 Å². The van der Waals surface area contributed by atoms with Gasteiger partial charge in [0.25, 0.3) is 0 Å². The summed E-state index contributed by atoms with van der Waals surface area (Å²) in [4.78, 5) is 30.0. The number of rotatable bonds is 4. The highest BCUT2D eigenvalue weighted by Gasteiger charge is 2.30. The Morgan fingerprint density at radius 1 is 1.17 bits per heavy atom. The van der Waals surface area contributed by atoms with E-state index in [0.717, 1.165) is 6.54 Å². The number of urea groups is 1. The lowest BCUT2D eigenvalue weighted by Gasteiger charge is -2.41. The molecule has 0 aromatic rings. The molecule has 0 saturated carbocycles. The van der Waals surface area contributed by atoms with Crippen molar-refractivity contribution < 1.29 is 19.4 Å². The second-order valence-electron chi connectivity index (χ2n) is 7.23. The molecule has 0 spiro atoms. The fraction of sp³-hybridized carbons (Fsp3) is 0.875. The van der Waals surface area contributed by atoms with E-state index in [2.05, 4.69) is 10.2 Å². The van der Waals surface area contributed by atoms with Gasteiger partial charge in [0.15, 0.2) is 0 Å². The largest absolute Gasteiger partial charge is 0.389 e. The zero-order valence-corrected chi connectivity index (χ0v) is 15.0. The third-order valence-electron chi connectivity index (χ3n) is 4.40. The molecule has 2 fully saturated rings. The SMILES string of the molecule is CC1CN(C(=O)NCC(=O)N2CCOCC2)CCN1CC(C)(C)O. The summed E-state index contributed by atoms with van der Waals surface area (Å²) in [5.41, 5.74) is -0.747. The van der Waals surface area contributed by atoms with Gasteiger partial charge in [0.1, 0.15) is 0 Å². The predicted molar refractivity (Wildman–Crippen MR) is 89.7 cm³/mol. The summed E-state index contributed by atoms with van der Waals surface area (Å²) in [5.74, 6) is -0.0691. The van der Waals surface area contributed by atoms with Crippen molar-refractivity contribution in [3.63, 3.8) is 0 Å². The van der Waals surface area contributed by atoms with Crippen LogP contribution in [0.1, 0.15) is 20.8 Å². The van der Waals surface area contributed by atoms with E-state index in [1.54, 1.807) is 23.6 Å².